The number of nitrogens with zero attached hydrogens (tertiary/aromatic N) is 5. The van der Waals surface area contributed by atoms with Gasteiger partial charge in [-0.15, -0.1) is 0 Å². The number of benzene rings is 1. The highest BCUT2D eigenvalue weighted by molar-refractivity contribution is 5.94. The number of nitrogens with one attached hydrogen (secondary N) is 2. The summed E-state index contributed by atoms with van der Waals surface area (Å²) in [6, 6.07) is 10.3. The smallest absolute Gasteiger partial charge is 0.251 e. The monoisotopic (exact) mass is 435 g/mol. The molecule has 32 heavy (non-hydrogen) atoms. The molecular weight excluding hydrogens is 402 g/mol. The summed E-state index contributed by atoms with van der Waals surface area (Å²) < 4.78 is 0. The summed E-state index contributed by atoms with van der Waals surface area (Å²) in [5.41, 5.74) is 2.50. The summed E-state index contributed by atoms with van der Waals surface area (Å²) >= 11 is 0. The molecule has 1 aliphatic heterocycles. The molecule has 1 aliphatic rings. The Kier molecular flexibility index (Phi) is 8.01. The van der Waals surface area contributed by atoms with Crippen LogP contribution in [0.3, 0.4) is 0 Å². The summed E-state index contributed by atoms with van der Waals surface area (Å²) in [7, 11) is 0. The standard InChI is InChI=1S/C24H33N7O/c1-17(2)14-27-23-20(15-26-22(13-25)29-23)16-28-24(32)19-5-7-21(8-6-19)31-11-9-30(10-12-31)18(3)4/h5-8,15,17-18H,9-12,14,16H2,1-4H3,(H,28,32)(H,26,27,29). The highest BCUT2D eigenvalue weighted by atomic mass is 16.1. The third-order valence-electron chi connectivity index (χ3n) is 5.62. The van der Waals surface area contributed by atoms with Crippen molar-refractivity contribution in [3.05, 3.63) is 47.4 Å². The largest absolute Gasteiger partial charge is 0.369 e. The maximum atomic E-state index is 12.7. The third kappa shape index (κ3) is 6.17. The van der Waals surface area contributed by atoms with E-state index in [0.717, 1.165) is 44.0 Å². The first-order chi connectivity index (χ1) is 15.4. The number of anilines is 2. The zero-order valence-corrected chi connectivity index (χ0v) is 19.4. The quantitative estimate of drug-likeness (QED) is 0.658. The lowest BCUT2D eigenvalue weighted by atomic mass is 10.1. The van der Waals surface area contributed by atoms with Gasteiger partial charge in [0.15, 0.2) is 0 Å². The average Bonchev–Trinajstić information content (AvgIpc) is 2.81. The molecule has 2 N–H and O–H groups in total. The van der Waals surface area contributed by atoms with Gasteiger partial charge in [-0.25, -0.2) is 9.97 Å². The van der Waals surface area contributed by atoms with Crippen molar-refractivity contribution in [3.8, 4) is 6.07 Å². The maximum Gasteiger partial charge on any atom is 0.251 e. The van der Waals surface area contributed by atoms with Crippen LogP contribution in [0.4, 0.5) is 11.5 Å². The topological polar surface area (TPSA) is 97.2 Å². The van der Waals surface area contributed by atoms with Crippen LogP contribution in [0.1, 0.15) is 49.4 Å². The molecule has 0 spiro atoms. The number of piperazine rings is 1. The molecule has 0 radical (unpaired) electrons. The van der Waals surface area contributed by atoms with Gasteiger partial charge in [0.25, 0.3) is 5.91 Å². The van der Waals surface area contributed by atoms with Gasteiger partial charge in [0.05, 0.1) is 0 Å². The first-order valence-corrected chi connectivity index (χ1v) is 11.2. The van der Waals surface area contributed by atoms with E-state index in [9.17, 15) is 4.79 Å². The number of hydrogen-bond donors (Lipinski definition) is 2. The lowest BCUT2D eigenvalue weighted by molar-refractivity contribution is 0.0951. The number of nitriles is 1. The first-order valence-electron chi connectivity index (χ1n) is 11.2. The lowest BCUT2D eigenvalue weighted by Crippen LogP contribution is -2.48. The molecule has 8 nitrogen and oxygen atoms in total. The van der Waals surface area contributed by atoms with Crippen molar-refractivity contribution < 1.29 is 4.79 Å². The second-order valence-corrected chi connectivity index (χ2v) is 8.80. The highest BCUT2D eigenvalue weighted by Crippen LogP contribution is 2.19. The molecule has 1 fully saturated rings. The molecule has 2 aromatic rings. The van der Waals surface area contributed by atoms with Crippen molar-refractivity contribution in [2.75, 3.05) is 42.9 Å². The molecule has 1 amide bonds. The molecule has 0 saturated carbocycles. The van der Waals surface area contributed by atoms with E-state index in [-0.39, 0.29) is 18.3 Å². The molecule has 0 bridgehead atoms. The Balaban J connectivity index is 1.59. The van der Waals surface area contributed by atoms with Crippen LogP contribution in [0.25, 0.3) is 0 Å². The van der Waals surface area contributed by atoms with E-state index in [0.29, 0.717) is 23.3 Å². The Morgan fingerprint density at radius 1 is 1.12 bits per heavy atom. The third-order valence-corrected chi connectivity index (χ3v) is 5.62. The Labute approximate surface area is 190 Å². The molecule has 1 aromatic heterocycles. The van der Waals surface area contributed by atoms with Crippen molar-refractivity contribution in [3.63, 3.8) is 0 Å². The van der Waals surface area contributed by atoms with Gasteiger partial charge in [0, 0.05) is 68.3 Å². The zero-order chi connectivity index (χ0) is 23.1. The van der Waals surface area contributed by atoms with Crippen molar-refractivity contribution in [1.82, 2.24) is 20.2 Å². The van der Waals surface area contributed by atoms with E-state index in [4.69, 9.17) is 5.26 Å². The van der Waals surface area contributed by atoms with Crippen LogP contribution in [0, 0.1) is 17.2 Å². The Bertz CT molecular complexity index is 942. The van der Waals surface area contributed by atoms with Crippen molar-refractivity contribution >= 4 is 17.4 Å². The van der Waals surface area contributed by atoms with Gasteiger partial charge in [0.2, 0.25) is 5.82 Å². The second-order valence-electron chi connectivity index (χ2n) is 8.80. The summed E-state index contributed by atoms with van der Waals surface area (Å²) in [5, 5.41) is 15.3. The fourth-order valence-corrected chi connectivity index (χ4v) is 3.64. The van der Waals surface area contributed by atoms with Crippen LogP contribution in [-0.2, 0) is 6.54 Å². The second kappa shape index (κ2) is 10.9. The predicted octanol–water partition coefficient (Wildman–Crippen LogP) is 2.88. The molecule has 0 aliphatic carbocycles. The van der Waals surface area contributed by atoms with Gasteiger partial charge in [-0.1, -0.05) is 13.8 Å². The van der Waals surface area contributed by atoms with Gasteiger partial charge in [-0.2, -0.15) is 5.26 Å². The predicted molar refractivity (Wildman–Crippen MR) is 127 cm³/mol. The van der Waals surface area contributed by atoms with Crippen LogP contribution in [0.5, 0.6) is 0 Å². The summed E-state index contributed by atoms with van der Waals surface area (Å²) in [4.78, 5) is 25.8. The van der Waals surface area contributed by atoms with Crippen molar-refractivity contribution in [2.24, 2.45) is 5.92 Å². The summed E-state index contributed by atoms with van der Waals surface area (Å²) in [5.74, 6) is 0.961. The van der Waals surface area contributed by atoms with E-state index < -0.39 is 0 Å². The molecule has 170 valence electrons. The maximum absolute atomic E-state index is 12.7. The van der Waals surface area contributed by atoms with Crippen LogP contribution in [-0.4, -0.2) is 59.5 Å². The number of rotatable bonds is 8. The number of carbonyl (C=O) groups is 1. The number of amides is 1. The molecule has 1 saturated heterocycles. The van der Waals surface area contributed by atoms with Crippen LogP contribution in [0.2, 0.25) is 0 Å². The van der Waals surface area contributed by atoms with Crippen molar-refractivity contribution in [1.29, 1.82) is 5.26 Å². The molecule has 3 rings (SSSR count). The zero-order valence-electron chi connectivity index (χ0n) is 19.4. The Morgan fingerprint density at radius 3 is 2.41 bits per heavy atom. The van der Waals surface area contributed by atoms with Gasteiger partial charge in [-0.05, 0) is 44.0 Å². The molecule has 8 heteroatoms. The van der Waals surface area contributed by atoms with E-state index in [2.05, 4.69) is 58.1 Å². The number of aromatic nitrogens is 2. The van der Waals surface area contributed by atoms with Crippen LogP contribution < -0.4 is 15.5 Å². The Morgan fingerprint density at radius 2 is 1.81 bits per heavy atom. The number of hydrogen-bond acceptors (Lipinski definition) is 7. The van der Waals surface area contributed by atoms with E-state index in [1.54, 1.807) is 6.20 Å². The lowest BCUT2D eigenvalue weighted by Gasteiger charge is -2.38. The normalized spacial score (nSPS) is 14.5. The molecule has 1 aromatic carbocycles. The van der Waals surface area contributed by atoms with E-state index in [1.165, 1.54) is 0 Å². The first kappa shape index (κ1) is 23.5. The molecule has 0 unspecified atom stereocenters. The van der Waals surface area contributed by atoms with Crippen LogP contribution in [0.15, 0.2) is 30.5 Å². The number of carbonyl (C=O) groups excluding carboxylic acids is 1. The van der Waals surface area contributed by atoms with E-state index >= 15 is 0 Å². The van der Waals surface area contributed by atoms with Crippen LogP contribution >= 0.6 is 0 Å². The fourth-order valence-electron chi connectivity index (χ4n) is 3.64. The molecule has 0 atom stereocenters. The molecule has 2 heterocycles. The summed E-state index contributed by atoms with van der Waals surface area (Å²) in [6.45, 7) is 13.7. The molecular formula is C24H33N7O. The highest BCUT2D eigenvalue weighted by Gasteiger charge is 2.19. The van der Waals surface area contributed by atoms with E-state index in [1.807, 2.05) is 30.3 Å². The minimum absolute atomic E-state index is 0.108. The SMILES string of the molecule is CC(C)CNc1nc(C#N)ncc1CNC(=O)c1ccc(N2CCN(C(C)C)CC2)cc1. The van der Waals surface area contributed by atoms with Crippen molar-refractivity contribution in [2.45, 2.75) is 40.3 Å². The van der Waals surface area contributed by atoms with Gasteiger partial charge < -0.3 is 15.5 Å². The minimum atomic E-state index is -0.152. The van der Waals surface area contributed by atoms with Gasteiger partial charge >= 0.3 is 0 Å². The Hall–Kier alpha value is -3.18. The fraction of sp³-hybridized carbons (Fsp3) is 0.500. The average molecular weight is 436 g/mol. The van der Waals surface area contributed by atoms with Gasteiger partial charge in [-0.3, -0.25) is 9.69 Å². The van der Waals surface area contributed by atoms with Gasteiger partial charge in [0.1, 0.15) is 11.9 Å². The minimum Gasteiger partial charge on any atom is -0.369 e. The summed E-state index contributed by atoms with van der Waals surface area (Å²) in [6.07, 6.45) is 1.59.